The van der Waals surface area contributed by atoms with Crippen LogP contribution in [-0.2, 0) is 0 Å². The lowest BCUT2D eigenvalue weighted by Crippen LogP contribution is -2.34. The van der Waals surface area contributed by atoms with E-state index in [-0.39, 0.29) is 0 Å². The van der Waals surface area contributed by atoms with Gasteiger partial charge < -0.3 is 11.5 Å². The molecular formula is C16H36N2. The van der Waals surface area contributed by atoms with Gasteiger partial charge in [0.25, 0.3) is 0 Å². The summed E-state index contributed by atoms with van der Waals surface area (Å²) < 4.78 is 0. The molecule has 0 amide bonds. The van der Waals surface area contributed by atoms with Crippen LogP contribution in [0.3, 0.4) is 0 Å². The Morgan fingerprint density at radius 3 is 2.22 bits per heavy atom. The van der Waals surface area contributed by atoms with Crippen molar-refractivity contribution in [1.29, 1.82) is 0 Å². The molecule has 0 aromatic carbocycles. The molecule has 18 heavy (non-hydrogen) atoms. The molecule has 1 aliphatic carbocycles. The van der Waals surface area contributed by atoms with E-state index < -0.39 is 0 Å². The molecule has 5 atom stereocenters. The van der Waals surface area contributed by atoms with E-state index in [4.69, 9.17) is 11.5 Å². The average Bonchev–Trinajstić information content (AvgIpc) is 2.34. The highest BCUT2D eigenvalue weighted by Gasteiger charge is 2.25. The Labute approximate surface area is 115 Å². The van der Waals surface area contributed by atoms with Crippen molar-refractivity contribution in [3.63, 3.8) is 0 Å². The number of rotatable bonds is 5. The zero-order valence-corrected chi connectivity index (χ0v) is 13.3. The average molecular weight is 256 g/mol. The Morgan fingerprint density at radius 2 is 1.72 bits per heavy atom. The van der Waals surface area contributed by atoms with E-state index in [2.05, 4.69) is 20.8 Å². The molecule has 2 nitrogen and oxygen atoms in total. The first-order valence-electron chi connectivity index (χ1n) is 8.00. The summed E-state index contributed by atoms with van der Waals surface area (Å²) in [5.74, 6) is 2.47. The third-order valence-electron chi connectivity index (χ3n) is 4.19. The molecule has 5 unspecified atom stereocenters. The van der Waals surface area contributed by atoms with Crippen LogP contribution in [0, 0.1) is 17.8 Å². The van der Waals surface area contributed by atoms with E-state index >= 15 is 0 Å². The number of hydrogen-bond donors (Lipinski definition) is 2. The summed E-state index contributed by atoms with van der Waals surface area (Å²) in [6, 6.07) is 0.816. The maximum Gasteiger partial charge on any atom is 0.00647 e. The summed E-state index contributed by atoms with van der Waals surface area (Å²) in [6.07, 6.45) is 7.74. The largest absolute Gasteiger partial charge is 0.328 e. The molecule has 1 rings (SSSR count). The predicted molar refractivity (Wildman–Crippen MR) is 82.5 cm³/mol. The molecule has 0 aromatic rings. The Morgan fingerprint density at radius 1 is 1.11 bits per heavy atom. The molecule has 1 saturated carbocycles. The lowest BCUT2D eigenvalue weighted by molar-refractivity contribution is 0.213. The molecule has 1 fully saturated rings. The van der Waals surface area contributed by atoms with Crippen molar-refractivity contribution in [2.75, 3.05) is 0 Å². The quantitative estimate of drug-likeness (QED) is 0.783. The Hall–Kier alpha value is -0.0800. The topological polar surface area (TPSA) is 52.0 Å². The molecule has 4 N–H and O–H groups in total. The van der Waals surface area contributed by atoms with Gasteiger partial charge in [-0.05, 0) is 63.2 Å². The van der Waals surface area contributed by atoms with Gasteiger partial charge >= 0.3 is 0 Å². The molecule has 0 aliphatic heterocycles. The summed E-state index contributed by atoms with van der Waals surface area (Å²) in [6.45, 7) is 10.8. The van der Waals surface area contributed by atoms with Gasteiger partial charge in [-0.25, -0.2) is 0 Å². The van der Waals surface area contributed by atoms with Gasteiger partial charge in [-0.15, -0.1) is 0 Å². The fourth-order valence-corrected chi connectivity index (χ4v) is 2.98. The minimum Gasteiger partial charge on any atom is -0.328 e. The number of nitrogens with two attached hydrogens (primary N) is 2. The van der Waals surface area contributed by atoms with Crippen molar-refractivity contribution >= 4 is 0 Å². The van der Waals surface area contributed by atoms with Crippen LogP contribution in [0.1, 0.15) is 73.1 Å². The first-order valence-corrected chi connectivity index (χ1v) is 8.00. The van der Waals surface area contributed by atoms with E-state index in [0.29, 0.717) is 12.1 Å². The summed E-state index contributed by atoms with van der Waals surface area (Å²) in [4.78, 5) is 0. The van der Waals surface area contributed by atoms with E-state index in [1.165, 1.54) is 38.5 Å². The SMILES string of the molecule is CC.CC(N)CCC(C)CC1CCC(N)C(C)C1. The molecule has 1 aliphatic rings. The molecule has 0 saturated heterocycles. The third kappa shape index (κ3) is 7.38. The lowest BCUT2D eigenvalue weighted by Gasteiger charge is -2.33. The van der Waals surface area contributed by atoms with Crippen LogP contribution in [0.25, 0.3) is 0 Å². The standard InChI is InChI=1S/C14H30N2.C2H6/c1-10(4-5-12(3)15)8-13-6-7-14(16)11(2)9-13;1-2/h10-14H,4-9,15-16H2,1-3H3;1-2H3. The van der Waals surface area contributed by atoms with Gasteiger partial charge in [-0.2, -0.15) is 0 Å². The maximum absolute atomic E-state index is 6.05. The van der Waals surface area contributed by atoms with Crippen molar-refractivity contribution in [3.8, 4) is 0 Å². The van der Waals surface area contributed by atoms with Crippen molar-refractivity contribution in [2.24, 2.45) is 29.2 Å². The van der Waals surface area contributed by atoms with Crippen LogP contribution < -0.4 is 11.5 Å². The van der Waals surface area contributed by atoms with E-state index in [1.807, 2.05) is 13.8 Å². The van der Waals surface area contributed by atoms with E-state index in [1.54, 1.807) is 0 Å². The van der Waals surface area contributed by atoms with E-state index in [9.17, 15) is 0 Å². The molecule has 2 heteroatoms. The molecule has 0 aromatic heterocycles. The highest BCUT2D eigenvalue weighted by Crippen LogP contribution is 2.33. The fraction of sp³-hybridized carbons (Fsp3) is 1.00. The summed E-state index contributed by atoms with van der Waals surface area (Å²) in [5.41, 5.74) is 11.9. The zero-order valence-electron chi connectivity index (χ0n) is 13.3. The highest BCUT2D eigenvalue weighted by molar-refractivity contribution is 4.80. The Balaban J connectivity index is 0.00000137. The van der Waals surface area contributed by atoms with Gasteiger partial charge in [-0.1, -0.05) is 27.7 Å². The summed E-state index contributed by atoms with van der Waals surface area (Å²) in [5, 5.41) is 0. The molecule has 0 bridgehead atoms. The molecule has 0 heterocycles. The highest BCUT2D eigenvalue weighted by atomic mass is 14.7. The fourth-order valence-electron chi connectivity index (χ4n) is 2.98. The molecule has 110 valence electrons. The van der Waals surface area contributed by atoms with Crippen LogP contribution in [0.4, 0.5) is 0 Å². The lowest BCUT2D eigenvalue weighted by atomic mass is 9.75. The van der Waals surface area contributed by atoms with Crippen molar-refractivity contribution in [3.05, 3.63) is 0 Å². The van der Waals surface area contributed by atoms with Crippen LogP contribution >= 0.6 is 0 Å². The summed E-state index contributed by atoms with van der Waals surface area (Å²) in [7, 11) is 0. The van der Waals surface area contributed by atoms with Gasteiger partial charge in [-0.3, -0.25) is 0 Å². The maximum atomic E-state index is 6.05. The van der Waals surface area contributed by atoms with Crippen LogP contribution in [0.15, 0.2) is 0 Å². The molecule has 0 radical (unpaired) electrons. The minimum atomic E-state index is 0.362. The van der Waals surface area contributed by atoms with Crippen LogP contribution in [0.5, 0.6) is 0 Å². The smallest absolute Gasteiger partial charge is 0.00647 e. The normalized spacial score (nSPS) is 31.2. The van der Waals surface area contributed by atoms with Gasteiger partial charge in [0, 0.05) is 12.1 Å². The summed E-state index contributed by atoms with van der Waals surface area (Å²) >= 11 is 0. The van der Waals surface area contributed by atoms with Gasteiger partial charge in [0.15, 0.2) is 0 Å². The minimum absolute atomic E-state index is 0.362. The van der Waals surface area contributed by atoms with Gasteiger partial charge in [0.05, 0.1) is 0 Å². The van der Waals surface area contributed by atoms with E-state index in [0.717, 1.165) is 17.8 Å². The zero-order chi connectivity index (χ0) is 14.1. The van der Waals surface area contributed by atoms with Crippen LogP contribution in [-0.4, -0.2) is 12.1 Å². The van der Waals surface area contributed by atoms with Gasteiger partial charge in [0.2, 0.25) is 0 Å². The first kappa shape index (κ1) is 17.9. The third-order valence-corrected chi connectivity index (χ3v) is 4.19. The van der Waals surface area contributed by atoms with Crippen molar-refractivity contribution in [2.45, 2.75) is 85.2 Å². The second kappa shape index (κ2) is 9.80. The van der Waals surface area contributed by atoms with Crippen molar-refractivity contribution < 1.29 is 0 Å². The molecular weight excluding hydrogens is 220 g/mol. The second-order valence-electron chi connectivity index (χ2n) is 6.22. The second-order valence-corrected chi connectivity index (χ2v) is 6.22. The van der Waals surface area contributed by atoms with Crippen molar-refractivity contribution in [1.82, 2.24) is 0 Å². The predicted octanol–water partition coefficient (Wildman–Crippen LogP) is 3.93. The molecule has 0 spiro atoms. The Bertz CT molecular complexity index is 192. The monoisotopic (exact) mass is 256 g/mol. The first-order chi connectivity index (χ1) is 8.49. The van der Waals surface area contributed by atoms with Gasteiger partial charge in [0.1, 0.15) is 0 Å². The Kier molecular flexibility index (Phi) is 9.76. The number of hydrogen-bond acceptors (Lipinski definition) is 2. The van der Waals surface area contributed by atoms with Crippen LogP contribution in [0.2, 0.25) is 0 Å².